The van der Waals surface area contributed by atoms with E-state index in [-0.39, 0.29) is 16.9 Å². The van der Waals surface area contributed by atoms with E-state index in [0.717, 1.165) is 5.75 Å². The monoisotopic (exact) mass is 247 g/mol. The second kappa shape index (κ2) is 3.99. The van der Waals surface area contributed by atoms with Crippen molar-refractivity contribution in [2.24, 2.45) is 5.73 Å². The van der Waals surface area contributed by atoms with E-state index in [1.54, 1.807) is 0 Å². The van der Waals surface area contributed by atoms with E-state index < -0.39 is 0 Å². The fourth-order valence-electron chi connectivity index (χ4n) is 2.34. The smallest absolute Gasteiger partial charge is 0.128 e. The topological polar surface area (TPSA) is 35.2 Å². The van der Waals surface area contributed by atoms with Gasteiger partial charge in [0.25, 0.3) is 0 Å². The molecule has 1 aromatic carbocycles. The molecule has 0 bridgehead atoms. The van der Waals surface area contributed by atoms with Gasteiger partial charge in [-0.2, -0.15) is 0 Å². The van der Waals surface area contributed by atoms with E-state index in [1.165, 1.54) is 16.7 Å². The lowest BCUT2D eigenvalue weighted by atomic mass is 9.78. The van der Waals surface area contributed by atoms with Gasteiger partial charge in [-0.25, -0.2) is 0 Å². The average Bonchev–Trinajstić information content (AvgIpc) is 2.56. The summed E-state index contributed by atoms with van der Waals surface area (Å²) in [5, 5.41) is 0. The Morgan fingerprint density at radius 1 is 1.06 bits per heavy atom. The molecule has 1 aliphatic heterocycles. The fourth-order valence-corrected chi connectivity index (χ4v) is 2.34. The van der Waals surface area contributed by atoms with Crippen LogP contribution in [0, 0.1) is 0 Å². The minimum absolute atomic E-state index is 0.0170. The van der Waals surface area contributed by atoms with Crippen molar-refractivity contribution < 1.29 is 4.74 Å². The molecule has 1 heterocycles. The number of hydrogen-bond donors (Lipinski definition) is 1. The first kappa shape index (κ1) is 13.4. The Labute approximate surface area is 111 Å². The lowest BCUT2D eigenvalue weighted by molar-refractivity contribution is 0.325. The summed E-state index contributed by atoms with van der Waals surface area (Å²) in [4.78, 5) is 0. The van der Waals surface area contributed by atoms with Gasteiger partial charge in [-0.1, -0.05) is 47.6 Å². The zero-order chi connectivity index (χ0) is 13.7. The average molecular weight is 247 g/mol. The van der Waals surface area contributed by atoms with Gasteiger partial charge in [0.05, 0.1) is 6.04 Å². The summed E-state index contributed by atoms with van der Waals surface area (Å²) in [6, 6.07) is 4.53. The molecule has 0 fully saturated rings. The van der Waals surface area contributed by atoms with Crippen molar-refractivity contribution in [3.8, 4) is 5.75 Å². The summed E-state index contributed by atoms with van der Waals surface area (Å²) in [5.74, 6) is 1.02. The Morgan fingerprint density at radius 2 is 1.67 bits per heavy atom. The van der Waals surface area contributed by atoms with E-state index >= 15 is 0 Å². The molecule has 2 nitrogen and oxygen atoms in total. The summed E-state index contributed by atoms with van der Waals surface area (Å²) in [6.45, 7) is 14.0. The molecule has 0 spiro atoms. The van der Waals surface area contributed by atoms with E-state index in [2.05, 4.69) is 53.7 Å². The Balaban J connectivity index is 2.67. The van der Waals surface area contributed by atoms with E-state index in [0.29, 0.717) is 6.61 Å². The number of benzene rings is 1. The second-order valence-corrected chi connectivity index (χ2v) is 7.36. The van der Waals surface area contributed by atoms with Crippen LogP contribution in [-0.4, -0.2) is 6.61 Å². The van der Waals surface area contributed by atoms with Gasteiger partial charge in [-0.3, -0.25) is 0 Å². The van der Waals surface area contributed by atoms with Crippen LogP contribution < -0.4 is 10.5 Å². The van der Waals surface area contributed by atoms with Crippen LogP contribution in [0.4, 0.5) is 0 Å². The molecule has 0 aromatic heterocycles. The molecule has 0 unspecified atom stereocenters. The van der Waals surface area contributed by atoms with Crippen LogP contribution in [0.1, 0.15) is 64.3 Å². The Morgan fingerprint density at radius 3 is 2.17 bits per heavy atom. The quantitative estimate of drug-likeness (QED) is 0.759. The predicted molar refractivity (Wildman–Crippen MR) is 76.3 cm³/mol. The maximum atomic E-state index is 6.15. The first-order chi connectivity index (χ1) is 8.10. The van der Waals surface area contributed by atoms with Crippen LogP contribution in [0.25, 0.3) is 0 Å². The van der Waals surface area contributed by atoms with Gasteiger partial charge in [0.15, 0.2) is 0 Å². The third-order valence-electron chi connectivity index (χ3n) is 3.60. The highest BCUT2D eigenvalue weighted by Crippen LogP contribution is 2.43. The first-order valence-electron chi connectivity index (χ1n) is 6.68. The molecule has 1 aromatic rings. The summed E-state index contributed by atoms with van der Waals surface area (Å²) >= 11 is 0. The zero-order valence-electron chi connectivity index (χ0n) is 12.4. The molecule has 1 atom stereocenters. The van der Waals surface area contributed by atoms with Crippen LogP contribution >= 0.6 is 0 Å². The highest BCUT2D eigenvalue weighted by molar-refractivity contribution is 5.52. The van der Waals surface area contributed by atoms with Gasteiger partial charge in [-0.05, 0) is 22.5 Å². The van der Waals surface area contributed by atoms with Crippen molar-refractivity contribution in [3.63, 3.8) is 0 Å². The maximum Gasteiger partial charge on any atom is 0.128 e. The molecular formula is C16H25NO. The molecule has 2 N–H and O–H groups in total. The molecule has 1 aliphatic rings. The van der Waals surface area contributed by atoms with E-state index in [1.807, 2.05) is 0 Å². The van der Waals surface area contributed by atoms with Crippen LogP contribution in [0.2, 0.25) is 0 Å². The standard InChI is InChI=1S/C16H25NO/c1-15(2,3)10-7-11-13(17)9-18-14(11)12(8-10)16(4,5)6/h7-8,13H,9,17H2,1-6H3/t13-/m0/s1. The molecule has 0 radical (unpaired) electrons. The number of hydrogen-bond acceptors (Lipinski definition) is 2. The lowest BCUT2D eigenvalue weighted by Crippen LogP contribution is -2.18. The highest BCUT2D eigenvalue weighted by Gasteiger charge is 2.31. The number of fused-ring (bicyclic) bond motifs is 1. The molecule has 18 heavy (non-hydrogen) atoms. The summed E-state index contributed by atoms with van der Waals surface area (Å²) < 4.78 is 5.81. The molecule has 2 rings (SSSR count). The number of rotatable bonds is 0. The van der Waals surface area contributed by atoms with Gasteiger partial charge in [0.1, 0.15) is 12.4 Å². The second-order valence-electron chi connectivity index (χ2n) is 7.36. The largest absolute Gasteiger partial charge is 0.491 e. The summed E-state index contributed by atoms with van der Waals surface area (Å²) in [7, 11) is 0. The van der Waals surface area contributed by atoms with Crippen molar-refractivity contribution >= 4 is 0 Å². The van der Waals surface area contributed by atoms with Gasteiger partial charge >= 0.3 is 0 Å². The van der Waals surface area contributed by atoms with Crippen LogP contribution in [0.5, 0.6) is 5.75 Å². The normalized spacial score (nSPS) is 19.6. The van der Waals surface area contributed by atoms with Crippen molar-refractivity contribution in [3.05, 3.63) is 28.8 Å². The Bertz CT molecular complexity index is 463. The SMILES string of the molecule is CC(C)(C)c1cc2c(c(C(C)(C)C)c1)OC[C@@H]2N. The molecule has 100 valence electrons. The Hall–Kier alpha value is -1.02. The van der Waals surface area contributed by atoms with Crippen molar-refractivity contribution in [1.29, 1.82) is 0 Å². The van der Waals surface area contributed by atoms with Crippen LogP contribution in [0.3, 0.4) is 0 Å². The van der Waals surface area contributed by atoms with Crippen molar-refractivity contribution in [2.45, 2.75) is 58.4 Å². The highest BCUT2D eigenvalue weighted by atomic mass is 16.5. The van der Waals surface area contributed by atoms with E-state index in [4.69, 9.17) is 10.5 Å². The third-order valence-corrected chi connectivity index (χ3v) is 3.60. The fraction of sp³-hybridized carbons (Fsp3) is 0.625. The molecule has 0 amide bonds. The molecular weight excluding hydrogens is 222 g/mol. The van der Waals surface area contributed by atoms with Gasteiger partial charge in [-0.15, -0.1) is 0 Å². The summed E-state index contributed by atoms with van der Waals surface area (Å²) in [5.41, 5.74) is 10.1. The van der Waals surface area contributed by atoms with Crippen molar-refractivity contribution in [1.82, 2.24) is 0 Å². The van der Waals surface area contributed by atoms with Gasteiger partial charge < -0.3 is 10.5 Å². The van der Waals surface area contributed by atoms with Crippen molar-refractivity contribution in [2.75, 3.05) is 6.61 Å². The number of ether oxygens (including phenoxy) is 1. The first-order valence-corrected chi connectivity index (χ1v) is 6.68. The molecule has 0 aliphatic carbocycles. The third kappa shape index (κ3) is 2.26. The van der Waals surface area contributed by atoms with Crippen LogP contribution in [0.15, 0.2) is 12.1 Å². The minimum atomic E-state index is 0.0170. The predicted octanol–water partition coefficient (Wildman–Crippen LogP) is 3.67. The lowest BCUT2D eigenvalue weighted by Gasteiger charge is -2.27. The minimum Gasteiger partial charge on any atom is -0.491 e. The zero-order valence-corrected chi connectivity index (χ0v) is 12.4. The molecule has 0 saturated heterocycles. The summed E-state index contributed by atoms with van der Waals surface area (Å²) in [6.07, 6.45) is 0. The van der Waals surface area contributed by atoms with Crippen LogP contribution in [-0.2, 0) is 10.8 Å². The van der Waals surface area contributed by atoms with Gasteiger partial charge in [0.2, 0.25) is 0 Å². The molecule has 2 heteroatoms. The maximum absolute atomic E-state index is 6.15. The Kier molecular flexibility index (Phi) is 2.97. The van der Waals surface area contributed by atoms with Gasteiger partial charge in [0, 0.05) is 11.1 Å². The number of nitrogens with two attached hydrogens (primary N) is 1. The van der Waals surface area contributed by atoms with E-state index in [9.17, 15) is 0 Å². The molecule has 0 saturated carbocycles.